The monoisotopic (exact) mass is 326 g/mol. The molecule has 3 nitrogen and oxygen atoms in total. The molecule has 0 bridgehead atoms. The van der Waals surface area contributed by atoms with Crippen molar-refractivity contribution in [2.45, 2.75) is 13.3 Å². The predicted octanol–water partition coefficient (Wildman–Crippen LogP) is 3.65. The Morgan fingerprint density at radius 1 is 1.17 bits per heavy atom. The second-order valence-corrected chi connectivity index (χ2v) is 5.56. The van der Waals surface area contributed by atoms with Crippen molar-refractivity contribution in [1.82, 2.24) is 5.32 Å². The van der Waals surface area contributed by atoms with Gasteiger partial charge in [0.15, 0.2) is 5.11 Å². The Hall–Kier alpha value is -2.53. The quantitative estimate of drug-likeness (QED) is 0.690. The van der Waals surface area contributed by atoms with E-state index in [1.807, 2.05) is 24.3 Å². The molecule has 0 atom stereocenters. The summed E-state index contributed by atoms with van der Waals surface area (Å²) in [7, 11) is 0. The smallest absolute Gasteiger partial charge is 0.281 e. The van der Waals surface area contributed by atoms with Gasteiger partial charge in [-0.1, -0.05) is 43.3 Å². The Labute approximate surface area is 139 Å². The van der Waals surface area contributed by atoms with Crippen LogP contribution in [0.3, 0.4) is 0 Å². The number of aryl methyl sites for hydroxylation is 1. The van der Waals surface area contributed by atoms with Gasteiger partial charge < -0.3 is 5.32 Å². The second kappa shape index (κ2) is 6.30. The first kappa shape index (κ1) is 15.4. The minimum absolute atomic E-state index is 0.153. The van der Waals surface area contributed by atoms with Crippen LogP contribution in [0.1, 0.15) is 18.1 Å². The number of carbonyl (C=O) groups excluding carboxylic acids is 1. The first-order valence-corrected chi connectivity index (χ1v) is 7.71. The largest absolute Gasteiger partial charge is 0.327 e. The summed E-state index contributed by atoms with van der Waals surface area (Å²) in [6.45, 7) is 2.08. The molecule has 2 aromatic rings. The summed E-state index contributed by atoms with van der Waals surface area (Å²) < 4.78 is 13.9. The summed E-state index contributed by atoms with van der Waals surface area (Å²) in [5.41, 5.74) is 2.60. The molecule has 1 heterocycles. The van der Waals surface area contributed by atoms with Crippen LogP contribution in [0.4, 0.5) is 10.1 Å². The topological polar surface area (TPSA) is 32.3 Å². The number of hydrogen-bond acceptors (Lipinski definition) is 2. The lowest BCUT2D eigenvalue weighted by molar-refractivity contribution is -0.113. The van der Waals surface area contributed by atoms with Gasteiger partial charge in [0.05, 0.1) is 5.69 Å². The van der Waals surface area contributed by atoms with Gasteiger partial charge >= 0.3 is 0 Å². The number of thiocarbonyl (C=S) groups is 1. The van der Waals surface area contributed by atoms with Crippen LogP contribution in [0.5, 0.6) is 0 Å². The first-order chi connectivity index (χ1) is 11.1. The van der Waals surface area contributed by atoms with Gasteiger partial charge in [0.1, 0.15) is 11.5 Å². The van der Waals surface area contributed by atoms with Gasteiger partial charge in [0.2, 0.25) is 0 Å². The maximum atomic E-state index is 13.9. The Morgan fingerprint density at radius 2 is 1.87 bits per heavy atom. The number of rotatable bonds is 3. The molecule has 0 aliphatic carbocycles. The summed E-state index contributed by atoms with van der Waals surface area (Å²) in [4.78, 5) is 13.7. The molecule has 0 radical (unpaired) electrons. The van der Waals surface area contributed by atoms with Gasteiger partial charge in [-0.2, -0.15) is 0 Å². The zero-order valence-corrected chi connectivity index (χ0v) is 13.4. The van der Waals surface area contributed by atoms with Gasteiger partial charge in [-0.3, -0.25) is 4.79 Å². The summed E-state index contributed by atoms with van der Waals surface area (Å²) in [5.74, 6) is -0.849. The van der Waals surface area contributed by atoms with Crippen molar-refractivity contribution in [2.24, 2.45) is 0 Å². The van der Waals surface area contributed by atoms with E-state index in [1.165, 1.54) is 22.6 Å². The number of nitrogens with one attached hydrogen (secondary N) is 1. The molecule has 1 saturated heterocycles. The van der Waals surface area contributed by atoms with Crippen molar-refractivity contribution < 1.29 is 9.18 Å². The van der Waals surface area contributed by atoms with Crippen LogP contribution in [0.15, 0.2) is 54.2 Å². The molecule has 1 N–H and O–H groups in total. The zero-order valence-electron chi connectivity index (χ0n) is 12.5. The lowest BCUT2D eigenvalue weighted by atomic mass is 10.1. The van der Waals surface area contributed by atoms with E-state index in [0.29, 0.717) is 5.70 Å². The van der Waals surface area contributed by atoms with Crippen molar-refractivity contribution >= 4 is 35.0 Å². The lowest BCUT2D eigenvalue weighted by Gasteiger charge is -2.14. The number of carbonyl (C=O) groups is 1. The van der Waals surface area contributed by atoms with Crippen molar-refractivity contribution in [3.63, 3.8) is 0 Å². The van der Waals surface area contributed by atoms with Crippen molar-refractivity contribution in [2.75, 3.05) is 4.90 Å². The van der Waals surface area contributed by atoms with Crippen molar-refractivity contribution in [1.29, 1.82) is 0 Å². The van der Waals surface area contributed by atoms with Gasteiger partial charge in [-0.15, -0.1) is 0 Å². The van der Waals surface area contributed by atoms with Crippen LogP contribution in [-0.4, -0.2) is 11.0 Å². The molecule has 116 valence electrons. The highest BCUT2D eigenvalue weighted by Crippen LogP contribution is 2.25. The zero-order chi connectivity index (χ0) is 16.4. The number of anilines is 1. The molecule has 1 aliphatic rings. The van der Waals surface area contributed by atoms with Crippen LogP contribution in [0, 0.1) is 5.82 Å². The Morgan fingerprint density at radius 3 is 2.52 bits per heavy atom. The highest BCUT2D eigenvalue weighted by Gasteiger charge is 2.33. The minimum Gasteiger partial charge on any atom is -0.327 e. The van der Waals surface area contributed by atoms with Crippen molar-refractivity contribution in [3.05, 3.63) is 71.2 Å². The molecule has 0 aromatic heterocycles. The maximum absolute atomic E-state index is 13.9. The van der Waals surface area contributed by atoms with Gasteiger partial charge in [-0.25, -0.2) is 9.29 Å². The fourth-order valence-electron chi connectivity index (χ4n) is 2.40. The molecule has 5 heteroatoms. The molecule has 1 fully saturated rings. The highest BCUT2D eigenvalue weighted by molar-refractivity contribution is 7.80. The third-order valence-corrected chi connectivity index (χ3v) is 3.96. The van der Waals surface area contributed by atoms with Crippen LogP contribution < -0.4 is 10.2 Å². The molecule has 23 heavy (non-hydrogen) atoms. The van der Waals surface area contributed by atoms with E-state index < -0.39 is 5.82 Å². The van der Waals surface area contributed by atoms with E-state index in [1.54, 1.807) is 18.2 Å². The van der Waals surface area contributed by atoms with E-state index in [9.17, 15) is 9.18 Å². The predicted molar refractivity (Wildman–Crippen MR) is 93.4 cm³/mol. The fourth-order valence-corrected chi connectivity index (χ4v) is 2.69. The normalized spacial score (nSPS) is 16.1. The third kappa shape index (κ3) is 3.00. The minimum atomic E-state index is -0.487. The lowest BCUT2D eigenvalue weighted by Crippen LogP contribution is -2.31. The number of benzene rings is 2. The maximum Gasteiger partial charge on any atom is 0.281 e. The van der Waals surface area contributed by atoms with Crippen LogP contribution in [0.25, 0.3) is 6.08 Å². The van der Waals surface area contributed by atoms with E-state index in [2.05, 4.69) is 12.2 Å². The Balaban J connectivity index is 1.91. The summed E-state index contributed by atoms with van der Waals surface area (Å²) in [6.07, 6.45) is 2.67. The molecule has 2 aromatic carbocycles. The molecular formula is C18H15FN2OS. The molecular weight excluding hydrogens is 311 g/mol. The van der Waals surface area contributed by atoms with Gasteiger partial charge in [0.25, 0.3) is 5.91 Å². The van der Waals surface area contributed by atoms with Gasteiger partial charge in [0, 0.05) is 0 Å². The number of amides is 1. The van der Waals surface area contributed by atoms with E-state index in [4.69, 9.17) is 12.2 Å². The number of halogens is 1. The second-order valence-electron chi connectivity index (χ2n) is 5.18. The van der Waals surface area contributed by atoms with Crippen LogP contribution in [0.2, 0.25) is 0 Å². The van der Waals surface area contributed by atoms with E-state index >= 15 is 0 Å². The van der Waals surface area contributed by atoms with Crippen molar-refractivity contribution in [3.8, 4) is 0 Å². The SMILES string of the molecule is CCc1ccc(/C=C2\NC(=S)N(c3ccccc3F)C2=O)cc1. The molecule has 0 saturated carbocycles. The summed E-state index contributed by atoms with van der Waals surface area (Å²) >= 11 is 5.18. The molecule has 0 spiro atoms. The average molecular weight is 326 g/mol. The van der Waals surface area contributed by atoms with Gasteiger partial charge in [-0.05, 0) is 48.0 Å². The summed E-state index contributed by atoms with van der Waals surface area (Å²) in [5, 5.41) is 3.04. The Bertz CT molecular complexity index is 799. The van der Waals surface area contributed by atoms with E-state index in [-0.39, 0.29) is 16.7 Å². The average Bonchev–Trinajstić information content (AvgIpc) is 2.83. The number of para-hydroxylation sites is 1. The van der Waals surface area contributed by atoms with E-state index in [0.717, 1.165) is 12.0 Å². The molecule has 3 rings (SSSR count). The standard InChI is InChI=1S/C18H15FN2OS/c1-2-12-7-9-13(10-8-12)11-15-17(22)21(18(23)20-15)16-6-4-3-5-14(16)19/h3-11H,2H2,1H3,(H,20,23)/b15-11-. The van der Waals surface area contributed by atoms with Crippen LogP contribution in [-0.2, 0) is 11.2 Å². The number of hydrogen-bond donors (Lipinski definition) is 1. The number of nitrogens with zero attached hydrogens (tertiary/aromatic N) is 1. The third-order valence-electron chi connectivity index (χ3n) is 3.67. The summed E-state index contributed by atoms with van der Waals surface area (Å²) in [6, 6.07) is 14.0. The highest BCUT2D eigenvalue weighted by atomic mass is 32.1. The molecule has 1 amide bonds. The molecule has 1 aliphatic heterocycles. The molecule has 0 unspecified atom stereocenters. The first-order valence-electron chi connectivity index (χ1n) is 7.30. The fraction of sp³-hybridized carbons (Fsp3) is 0.111. The Kier molecular flexibility index (Phi) is 4.21. The van der Waals surface area contributed by atoms with Crippen LogP contribution >= 0.6 is 12.2 Å².